The van der Waals surface area contributed by atoms with Crippen LogP contribution in [-0.2, 0) is 14.3 Å². The predicted octanol–water partition coefficient (Wildman–Crippen LogP) is 19.0. The molecular weight excluding hydrogens is 839 g/mol. The minimum Gasteiger partial charge on any atom is -0.466 e. The number of aliphatic hydroxyl groups excluding tert-OH is 2. The van der Waals surface area contributed by atoms with E-state index in [-0.39, 0.29) is 18.5 Å². The van der Waals surface area contributed by atoms with E-state index in [0.29, 0.717) is 25.9 Å². The third-order valence-electron chi connectivity index (χ3n) is 14.2. The molecule has 0 aliphatic heterocycles. The van der Waals surface area contributed by atoms with Gasteiger partial charge in [-0.1, -0.05) is 269 Å². The lowest BCUT2D eigenvalue weighted by Gasteiger charge is -2.22. The highest BCUT2D eigenvalue weighted by Crippen LogP contribution is 2.17. The molecule has 402 valence electrons. The first-order chi connectivity index (χ1) is 33.5. The van der Waals surface area contributed by atoms with E-state index in [9.17, 15) is 19.8 Å². The van der Waals surface area contributed by atoms with Gasteiger partial charge in [0.25, 0.3) is 0 Å². The molecule has 0 rings (SSSR count). The zero-order valence-electron chi connectivity index (χ0n) is 45.9. The fourth-order valence-corrected chi connectivity index (χ4v) is 9.51. The highest BCUT2D eigenvalue weighted by Gasteiger charge is 2.20. The lowest BCUT2D eigenvalue weighted by molar-refractivity contribution is -0.143. The lowest BCUT2D eigenvalue weighted by atomic mass is 10.0. The minimum atomic E-state index is -0.675. The minimum absolute atomic E-state index is 0.00515. The lowest BCUT2D eigenvalue weighted by Crippen LogP contribution is -2.45. The van der Waals surface area contributed by atoms with Crippen molar-refractivity contribution in [2.24, 2.45) is 0 Å². The van der Waals surface area contributed by atoms with Crippen molar-refractivity contribution in [1.82, 2.24) is 5.32 Å². The Hall–Kier alpha value is -1.66. The first-order valence-electron chi connectivity index (χ1n) is 30.6. The maximum atomic E-state index is 12.5. The molecule has 0 bridgehead atoms. The zero-order chi connectivity index (χ0) is 49.3. The van der Waals surface area contributed by atoms with E-state index >= 15 is 0 Å². The summed E-state index contributed by atoms with van der Waals surface area (Å²) in [5.74, 6) is -0.0551. The molecule has 3 N–H and O–H groups in total. The van der Waals surface area contributed by atoms with E-state index in [1.807, 2.05) is 0 Å². The van der Waals surface area contributed by atoms with Crippen LogP contribution in [0.15, 0.2) is 24.3 Å². The number of nitrogens with one attached hydrogen (secondary N) is 1. The normalized spacial score (nSPS) is 12.7. The van der Waals surface area contributed by atoms with E-state index in [1.54, 1.807) is 0 Å². The summed E-state index contributed by atoms with van der Waals surface area (Å²) >= 11 is 0. The molecule has 0 saturated heterocycles. The van der Waals surface area contributed by atoms with Gasteiger partial charge in [0, 0.05) is 12.8 Å². The number of carbonyl (C=O) groups is 2. The van der Waals surface area contributed by atoms with Crippen molar-refractivity contribution >= 4 is 11.9 Å². The Morgan fingerprint density at radius 1 is 0.397 bits per heavy atom. The quantitative estimate of drug-likeness (QED) is 0.0321. The van der Waals surface area contributed by atoms with Crippen molar-refractivity contribution in [3.05, 3.63) is 24.3 Å². The van der Waals surface area contributed by atoms with Gasteiger partial charge < -0.3 is 20.3 Å². The average molecular weight is 959 g/mol. The maximum Gasteiger partial charge on any atom is 0.305 e. The molecule has 2 atom stereocenters. The molecule has 0 saturated carbocycles. The highest BCUT2D eigenvalue weighted by molar-refractivity contribution is 5.76. The Kier molecular flexibility index (Phi) is 56.5. The molecule has 0 aromatic heterocycles. The second-order valence-corrected chi connectivity index (χ2v) is 21.0. The number of carbonyl (C=O) groups excluding carboxylic acids is 2. The monoisotopic (exact) mass is 958 g/mol. The molecule has 0 fully saturated rings. The summed E-state index contributed by atoms with van der Waals surface area (Å²) in [7, 11) is 0. The van der Waals surface area contributed by atoms with Gasteiger partial charge in [0.2, 0.25) is 5.91 Å². The number of rotatable bonds is 57. The second-order valence-electron chi connectivity index (χ2n) is 21.0. The van der Waals surface area contributed by atoms with E-state index < -0.39 is 12.1 Å². The van der Waals surface area contributed by atoms with Gasteiger partial charge in [-0.25, -0.2) is 0 Å². The zero-order valence-corrected chi connectivity index (χ0v) is 45.9. The van der Waals surface area contributed by atoms with Crippen LogP contribution in [0.4, 0.5) is 0 Å². The Bertz CT molecular complexity index is 1060. The van der Waals surface area contributed by atoms with E-state index in [0.717, 1.165) is 64.2 Å². The van der Waals surface area contributed by atoms with Crippen LogP contribution < -0.4 is 5.32 Å². The van der Waals surface area contributed by atoms with Gasteiger partial charge in [-0.15, -0.1) is 0 Å². The van der Waals surface area contributed by atoms with Gasteiger partial charge >= 0.3 is 5.97 Å². The third-order valence-corrected chi connectivity index (χ3v) is 14.2. The van der Waals surface area contributed by atoms with Crippen molar-refractivity contribution < 1.29 is 24.5 Å². The molecular formula is C62H119NO5. The van der Waals surface area contributed by atoms with Crippen molar-refractivity contribution in [1.29, 1.82) is 0 Å². The van der Waals surface area contributed by atoms with E-state index in [4.69, 9.17) is 4.74 Å². The van der Waals surface area contributed by atoms with Crippen LogP contribution >= 0.6 is 0 Å². The molecule has 0 heterocycles. The molecule has 6 nitrogen and oxygen atoms in total. The number of allylic oxidation sites excluding steroid dienone is 4. The molecule has 0 radical (unpaired) electrons. The third kappa shape index (κ3) is 53.7. The van der Waals surface area contributed by atoms with Gasteiger partial charge in [-0.05, 0) is 77.0 Å². The van der Waals surface area contributed by atoms with E-state index in [1.165, 1.54) is 238 Å². The summed E-state index contributed by atoms with van der Waals surface area (Å²) in [6, 6.07) is -0.554. The number of amides is 1. The van der Waals surface area contributed by atoms with Crippen LogP contribution in [0.25, 0.3) is 0 Å². The Labute approximate surface area is 424 Å². The van der Waals surface area contributed by atoms with Gasteiger partial charge in [0.05, 0.1) is 25.4 Å². The summed E-state index contributed by atoms with van der Waals surface area (Å²) in [5.41, 5.74) is 0. The number of aliphatic hydroxyl groups is 2. The fraction of sp³-hybridized carbons (Fsp3) is 0.903. The fourth-order valence-electron chi connectivity index (χ4n) is 9.51. The van der Waals surface area contributed by atoms with Gasteiger partial charge in [0.15, 0.2) is 0 Å². The van der Waals surface area contributed by atoms with Crippen LogP contribution in [0.1, 0.15) is 335 Å². The number of esters is 1. The Morgan fingerprint density at radius 2 is 0.691 bits per heavy atom. The molecule has 0 aromatic rings. The van der Waals surface area contributed by atoms with Gasteiger partial charge in [-0.3, -0.25) is 9.59 Å². The van der Waals surface area contributed by atoms with Crippen LogP contribution in [0, 0.1) is 0 Å². The summed E-state index contributed by atoms with van der Waals surface area (Å²) in [4.78, 5) is 24.6. The van der Waals surface area contributed by atoms with Gasteiger partial charge in [0.1, 0.15) is 0 Å². The summed E-state index contributed by atoms with van der Waals surface area (Å²) in [5, 5.41) is 23.3. The summed E-state index contributed by atoms with van der Waals surface area (Å²) in [6.45, 7) is 4.95. The number of unbranched alkanes of at least 4 members (excludes halogenated alkanes) is 42. The first kappa shape index (κ1) is 66.3. The molecule has 6 heteroatoms. The van der Waals surface area contributed by atoms with Crippen LogP contribution in [0.3, 0.4) is 0 Å². The summed E-state index contributed by atoms with van der Waals surface area (Å²) in [6.07, 6.45) is 70.3. The molecule has 0 aromatic carbocycles. The van der Waals surface area contributed by atoms with Crippen molar-refractivity contribution in [3.8, 4) is 0 Å². The highest BCUT2D eigenvalue weighted by atomic mass is 16.5. The number of hydrogen-bond donors (Lipinski definition) is 3. The first-order valence-corrected chi connectivity index (χ1v) is 30.6. The molecule has 0 spiro atoms. The van der Waals surface area contributed by atoms with Crippen LogP contribution in [0.2, 0.25) is 0 Å². The second kappa shape index (κ2) is 57.9. The molecule has 0 aliphatic carbocycles. The van der Waals surface area contributed by atoms with Crippen LogP contribution in [0.5, 0.6) is 0 Å². The van der Waals surface area contributed by atoms with Crippen molar-refractivity contribution in [2.75, 3.05) is 13.2 Å². The summed E-state index contributed by atoms with van der Waals surface area (Å²) < 4.78 is 5.48. The average Bonchev–Trinajstić information content (AvgIpc) is 3.34. The van der Waals surface area contributed by atoms with Crippen LogP contribution in [-0.4, -0.2) is 47.4 Å². The molecule has 68 heavy (non-hydrogen) atoms. The van der Waals surface area contributed by atoms with E-state index in [2.05, 4.69) is 43.5 Å². The largest absolute Gasteiger partial charge is 0.466 e. The smallest absolute Gasteiger partial charge is 0.305 e. The van der Waals surface area contributed by atoms with Gasteiger partial charge in [-0.2, -0.15) is 0 Å². The van der Waals surface area contributed by atoms with Crippen molar-refractivity contribution in [2.45, 2.75) is 347 Å². The molecule has 1 amide bonds. The Morgan fingerprint density at radius 3 is 1.04 bits per heavy atom. The Balaban J connectivity index is 3.45. The topological polar surface area (TPSA) is 95.9 Å². The SMILES string of the molecule is CCCCCCCCC/C=C\CCCCCCCCCC(=O)OCCCCCCCCC/C=C\CCCCCCCC(=O)NC(CO)C(O)CCCCCCCCCCCCCCCCCCC. The van der Waals surface area contributed by atoms with Crippen molar-refractivity contribution in [3.63, 3.8) is 0 Å². The number of ether oxygens (including phenoxy) is 1. The predicted molar refractivity (Wildman–Crippen MR) is 296 cm³/mol. The molecule has 0 aliphatic rings. The molecule has 2 unspecified atom stereocenters. The standard InChI is InChI=1S/C62H119NO5/c1-3-5-7-9-11-13-15-17-19-21-23-28-32-36-40-44-48-52-56-62(67)68-57-53-49-45-41-37-33-29-25-24-27-31-35-39-43-47-51-55-61(66)63-59(58-64)60(65)54-50-46-42-38-34-30-26-22-20-18-16-14-12-10-8-6-4-2/h19,21,24,27,59-60,64-65H,3-18,20,22-23,25-26,28-58H2,1-2H3,(H,63,66)/b21-19-,27-24-. The number of hydrogen-bond acceptors (Lipinski definition) is 5. The maximum absolute atomic E-state index is 12.5.